The van der Waals surface area contributed by atoms with E-state index in [-0.39, 0.29) is 24.1 Å². The number of amides is 1. The van der Waals surface area contributed by atoms with Gasteiger partial charge in [-0.05, 0) is 38.9 Å². The SMILES string of the molecule is CC(=O)c1csc(C(=O)Nc2nc(C3CCNCC3)nn2C)c1.Cl. The molecule has 0 atom stereocenters. The van der Waals surface area contributed by atoms with E-state index in [2.05, 4.69) is 20.7 Å². The Hall–Kier alpha value is -1.77. The smallest absolute Gasteiger partial charge is 0.268 e. The number of nitrogens with one attached hydrogen (secondary N) is 2. The molecule has 1 aliphatic heterocycles. The number of aryl methyl sites for hydroxylation is 1. The molecule has 1 saturated heterocycles. The number of halogens is 1. The molecule has 2 aromatic heterocycles. The lowest BCUT2D eigenvalue weighted by molar-refractivity contribution is 0.101. The molecule has 24 heavy (non-hydrogen) atoms. The molecule has 9 heteroatoms. The second-order valence-electron chi connectivity index (χ2n) is 5.65. The van der Waals surface area contributed by atoms with Gasteiger partial charge in [-0.15, -0.1) is 23.7 Å². The maximum absolute atomic E-state index is 12.3. The normalized spacial score (nSPS) is 14.9. The van der Waals surface area contributed by atoms with Crippen LogP contribution in [0.4, 0.5) is 5.95 Å². The standard InChI is InChI=1S/C15H19N5O2S.ClH/c1-9(21)11-7-12(23-8-11)14(22)18-15-17-13(19-20(15)2)10-3-5-16-6-4-10;/h7-8,10,16H,3-6H2,1-2H3,(H,17,18,19,22);1H. The van der Waals surface area contributed by atoms with Crippen molar-refractivity contribution in [1.29, 1.82) is 0 Å². The highest BCUT2D eigenvalue weighted by molar-refractivity contribution is 7.12. The average Bonchev–Trinajstić information content (AvgIpc) is 3.16. The first-order valence-corrected chi connectivity index (χ1v) is 8.45. The molecule has 1 aliphatic rings. The second-order valence-corrected chi connectivity index (χ2v) is 6.56. The quantitative estimate of drug-likeness (QED) is 0.806. The molecular weight excluding hydrogens is 350 g/mol. The van der Waals surface area contributed by atoms with Gasteiger partial charge >= 0.3 is 0 Å². The van der Waals surface area contributed by atoms with Gasteiger partial charge in [-0.25, -0.2) is 4.68 Å². The van der Waals surface area contributed by atoms with Crippen molar-refractivity contribution in [3.05, 3.63) is 27.7 Å². The molecule has 1 fully saturated rings. The predicted molar refractivity (Wildman–Crippen MR) is 95.4 cm³/mol. The molecule has 0 radical (unpaired) electrons. The second kappa shape index (κ2) is 7.87. The molecule has 0 bridgehead atoms. The van der Waals surface area contributed by atoms with Crippen molar-refractivity contribution in [3.8, 4) is 0 Å². The third-order valence-corrected chi connectivity index (χ3v) is 4.87. The largest absolute Gasteiger partial charge is 0.317 e. The van der Waals surface area contributed by atoms with Gasteiger partial charge in [-0.3, -0.25) is 14.9 Å². The van der Waals surface area contributed by atoms with Crippen molar-refractivity contribution in [2.24, 2.45) is 7.05 Å². The minimum atomic E-state index is -0.269. The van der Waals surface area contributed by atoms with Crippen LogP contribution in [0.3, 0.4) is 0 Å². The Morgan fingerprint density at radius 3 is 2.71 bits per heavy atom. The molecule has 2 aromatic rings. The van der Waals surface area contributed by atoms with E-state index in [1.54, 1.807) is 23.2 Å². The number of rotatable bonds is 4. The number of ketones is 1. The van der Waals surface area contributed by atoms with Crippen molar-refractivity contribution < 1.29 is 9.59 Å². The van der Waals surface area contributed by atoms with Crippen LogP contribution in [0.1, 0.15) is 51.5 Å². The molecule has 0 aliphatic carbocycles. The monoisotopic (exact) mass is 369 g/mol. The minimum absolute atomic E-state index is 0. The first kappa shape index (κ1) is 18.6. The molecule has 0 spiro atoms. The van der Waals surface area contributed by atoms with Crippen LogP contribution < -0.4 is 10.6 Å². The van der Waals surface area contributed by atoms with Crippen LogP contribution in [0.2, 0.25) is 0 Å². The Balaban J connectivity index is 0.00000208. The van der Waals surface area contributed by atoms with Crippen molar-refractivity contribution in [3.63, 3.8) is 0 Å². The van der Waals surface area contributed by atoms with Crippen LogP contribution in [0.15, 0.2) is 11.4 Å². The Bertz CT molecular complexity index is 736. The van der Waals surface area contributed by atoms with Gasteiger partial charge in [0.2, 0.25) is 5.95 Å². The van der Waals surface area contributed by atoms with Gasteiger partial charge in [-0.1, -0.05) is 0 Å². The third-order valence-electron chi connectivity index (χ3n) is 3.94. The molecular formula is C15H20ClN5O2S. The van der Waals surface area contributed by atoms with Crippen LogP contribution in [0, 0.1) is 0 Å². The van der Waals surface area contributed by atoms with Crippen molar-refractivity contribution in [1.82, 2.24) is 20.1 Å². The van der Waals surface area contributed by atoms with E-state index < -0.39 is 0 Å². The van der Waals surface area contributed by atoms with Crippen molar-refractivity contribution >= 4 is 41.4 Å². The van der Waals surface area contributed by atoms with Crippen LogP contribution >= 0.6 is 23.7 Å². The Labute approximate surface area is 150 Å². The van der Waals surface area contributed by atoms with E-state index in [1.807, 2.05) is 0 Å². The molecule has 1 amide bonds. The zero-order valence-electron chi connectivity index (χ0n) is 13.5. The summed E-state index contributed by atoms with van der Waals surface area (Å²) >= 11 is 1.25. The van der Waals surface area contributed by atoms with Gasteiger partial charge in [0.05, 0.1) is 4.88 Å². The summed E-state index contributed by atoms with van der Waals surface area (Å²) in [7, 11) is 1.77. The molecule has 3 heterocycles. The number of Topliss-reactive ketones (excluding diaryl/α,β-unsaturated/α-hetero) is 1. The highest BCUT2D eigenvalue weighted by Gasteiger charge is 2.22. The highest BCUT2D eigenvalue weighted by Crippen LogP contribution is 2.23. The molecule has 0 saturated carbocycles. The predicted octanol–water partition coefficient (Wildman–Crippen LogP) is 2.22. The molecule has 3 rings (SSSR count). The summed E-state index contributed by atoms with van der Waals surface area (Å²) in [6, 6.07) is 1.60. The zero-order valence-corrected chi connectivity index (χ0v) is 15.2. The van der Waals surface area contributed by atoms with Crippen LogP contribution in [0.5, 0.6) is 0 Å². The molecule has 0 aromatic carbocycles. The van der Waals surface area contributed by atoms with Crippen LogP contribution in [-0.2, 0) is 7.05 Å². The summed E-state index contributed by atoms with van der Waals surface area (Å²) in [5.74, 6) is 1.22. The number of anilines is 1. The van der Waals surface area contributed by atoms with E-state index in [0.29, 0.717) is 22.3 Å². The number of hydrogen-bond donors (Lipinski definition) is 2. The van der Waals surface area contributed by atoms with E-state index in [9.17, 15) is 9.59 Å². The van der Waals surface area contributed by atoms with E-state index in [1.165, 1.54) is 18.3 Å². The van der Waals surface area contributed by atoms with Crippen LogP contribution in [0.25, 0.3) is 0 Å². The van der Waals surface area contributed by atoms with Gasteiger partial charge in [0.1, 0.15) is 0 Å². The minimum Gasteiger partial charge on any atom is -0.317 e. The number of aromatic nitrogens is 3. The van der Waals surface area contributed by atoms with E-state index in [0.717, 1.165) is 31.8 Å². The number of nitrogens with zero attached hydrogens (tertiary/aromatic N) is 3. The fraction of sp³-hybridized carbons (Fsp3) is 0.467. The third kappa shape index (κ3) is 4.00. The summed E-state index contributed by atoms with van der Waals surface area (Å²) in [4.78, 5) is 28.6. The Morgan fingerprint density at radius 2 is 2.08 bits per heavy atom. The maximum atomic E-state index is 12.3. The van der Waals surface area contributed by atoms with Gasteiger partial charge in [0.25, 0.3) is 5.91 Å². The van der Waals surface area contributed by atoms with E-state index >= 15 is 0 Å². The molecule has 7 nitrogen and oxygen atoms in total. The summed E-state index contributed by atoms with van der Waals surface area (Å²) in [6.45, 7) is 3.42. The van der Waals surface area contributed by atoms with Gasteiger partial charge < -0.3 is 5.32 Å². The van der Waals surface area contributed by atoms with Gasteiger partial charge in [0, 0.05) is 23.9 Å². The summed E-state index contributed by atoms with van der Waals surface area (Å²) in [6.07, 6.45) is 2.01. The van der Waals surface area contributed by atoms with Crippen molar-refractivity contribution in [2.75, 3.05) is 18.4 Å². The van der Waals surface area contributed by atoms with E-state index in [4.69, 9.17) is 0 Å². The summed E-state index contributed by atoms with van der Waals surface area (Å²) < 4.78 is 1.59. The molecule has 0 unspecified atom stereocenters. The lowest BCUT2D eigenvalue weighted by Crippen LogP contribution is -2.27. The molecule has 130 valence electrons. The number of piperidine rings is 1. The average molecular weight is 370 g/mol. The fourth-order valence-corrected chi connectivity index (χ4v) is 3.41. The first-order chi connectivity index (χ1) is 11.0. The summed E-state index contributed by atoms with van der Waals surface area (Å²) in [5, 5.41) is 12.2. The number of carbonyl (C=O) groups excluding carboxylic acids is 2. The van der Waals surface area contributed by atoms with Crippen LogP contribution in [-0.4, -0.2) is 39.5 Å². The number of carbonyl (C=O) groups is 2. The maximum Gasteiger partial charge on any atom is 0.268 e. The van der Waals surface area contributed by atoms with Crippen molar-refractivity contribution in [2.45, 2.75) is 25.7 Å². The topological polar surface area (TPSA) is 88.9 Å². The highest BCUT2D eigenvalue weighted by atomic mass is 35.5. The van der Waals surface area contributed by atoms with Gasteiger partial charge in [0.15, 0.2) is 11.6 Å². The fourth-order valence-electron chi connectivity index (χ4n) is 2.57. The number of thiophene rings is 1. The lowest BCUT2D eigenvalue weighted by Gasteiger charge is -2.19. The molecule has 2 N–H and O–H groups in total. The zero-order chi connectivity index (χ0) is 16.4. The van der Waals surface area contributed by atoms with Gasteiger partial charge in [-0.2, -0.15) is 10.1 Å². The summed E-state index contributed by atoms with van der Waals surface area (Å²) in [5.41, 5.74) is 0.550. The lowest BCUT2D eigenvalue weighted by atomic mass is 9.98. The Morgan fingerprint density at radius 1 is 1.38 bits per heavy atom. The first-order valence-electron chi connectivity index (χ1n) is 7.57. The Kier molecular flexibility index (Phi) is 6.09. The number of hydrogen-bond acceptors (Lipinski definition) is 6.